The van der Waals surface area contributed by atoms with Crippen LogP contribution in [-0.4, -0.2) is 37.1 Å². The maximum atomic E-state index is 12.6. The average Bonchev–Trinajstić information content (AvgIpc) is 2.58. The molecule has 5 heteroatoms. The maximum Gasteiger partial charge on any atom is 0.322 e. The summed E-state index contributed by atoms with van der Waals surface area (Å²) >= 11 is 6.30. The van der Waals surface area contributed by atoms with E-state index in [4.69, 9.17) is 11.6 Å². The predicted octanol–water partition coefficient (Wildman–Crippen LogP) is 4.62. The van der Waals surface area contributed by atoms with Crippen molar-refractivity contribution in [2.24, 2.45) is 0 Å². The largest absolute Gasteiger partial charge is 0.368 e. The molecule has 0 bridgehead atoms. The number of hydrogen-bond donors (Lipinski definition) is 1. The van der Waals surface area contributed by atoms with Crippen LogP contribution in [-0.2, 0) is 0 Å². The minimum absolute atomic E-state index is 0.0849. The zero-order valence-electron chi connectivity index (χ0n) is 15.0. The SMILES string of the molecule is Cc1cc(C)c(NC(=O)N2CCN(c3ccccc3C)CC2)c(Cl)c1. The van der Waals surface area contributed by atoms with Crippen LogP contribution in [0, 0.1) is 20.8 Å². The Hall–Kier alpha value is -2.20. The van der Waals surface area contributed by atoms with Gasteiger partial charge in [-0.2, -0.15) is 0 Å². The third kappa shape index (κ3) is 3.90. The summed E-state index contributed by atoms with van der Waals surface area (Å²) in [5.74, 6) is 0. The summed E-state index contributed by atoms with van der Waals surface area (Å²) in [6.07, 6.45) is 0. The van der Waals surface area contributed by atoms with Gasteiger partial charge >= 0.3 is 6.03 Å². The topological polar surface area (TPSA) is 35.6 Å². The van der Waals surface area contributed by atoms with Crippen LogP contribution in [0.5, 0.6) is 0 Å². The van der Waals surface area contributed by atoms with Crippen molar-refractivity contribution in [3.05, 3.63) is 58.1 Å². The van der Waals surface area contributed by atoms with Crippen LogP contribution < -0.4 is 10.2 Å². The van der Waals surface area contributed by atoms with E-state index in [-0.39, 0.29) is 6.03 Å². The summed E-state index contributed by atoms with van der Waals surface area (Å²) in [6, 6.07) is 12.2. The van der Waals surface area contributed by atoms with Crippen molar-refractivity contribution >= 4 is 29.0 Å². The molecule has 1 aliphatic heterocycles. The number of piperazine rings is 1. The Bertz CT molecular complexity index is 759. The van der Waals surface area contributed by atoms with E-state index in [1.807, 2.05) is 30.9 Å². The molecule has 0 unspecified atom stereocenters. The van der Waals surface area contributed by atoms with Gasteiger partial charge in [-0.3, -0.25) is 0 Å². The van der Waals surface area contributed by atoms with Gasteiger partial charge in [0.25, 0.3) is 0 Å². The van der Waals surface area contributed by atoms with Crippen LogP contribution in [0.2, 0.25) is 5.02 Å². The van der Waals surface area contributed by atoms with Gasteiger partial charge in [0, 0.05) is 31.9 Å². The Morgan fingerprint density at radius 2 is 1.68 bits per heavy atom. The Morgan fingerprint density at radius 1 is 1.00 bits per heavy atom. The molecule has 0 saturated carbocycles. The van der Waals surface area contributed by atoms with E-state index in [2.05, 4.69) is 41.4 Å². The van der Waals surface area contributed by atoms with Crippen molar-refractivity contribution < 1.29 is 4.79 Å². The molecule has 132 valence electrons. The van der Waals surface area contributed by atoms with E-state index in [0.29, 0.717) is 23.8 Å². The third-order valence-electron chi connectivity index (χ3n) is 4.69. The van der Waals surface area contributed by atoms with Gasteiger partial charge in [-0.1, -0.05) is 35.9 Å². The fraction of sp³-hybridized carbons (Fsp3) is 0.350. The first-order valence-electron chi connectivity index (χ1n) is 8.59. The molecule has 1 aliphatic rings. The molecule has 0 atom stereocenters. The van der Waals surface area contributed by atoms with Crippen molar-refractivity contribution in [1.29, 1.82) is 0 Å². The smallest absolute Gasteiger partial charge is 0.322 e. The van der Waals surface area contributed by atoms with E-state index in [1.54, 1.807) is 0 Å². The highest BCUT2D eigenvalue weighted by molar-refractivity contribution is 6.34. The fourth-order valence-corrected chi connectivity index (χ4v) is 3.70. The molecule has 2 aromatic carbocycles. The average molecular weight is 358 g/mol. The Kier molecular flexibility index (Phi) is 5.19. The van der Waals surface area contributed by atoms with Gasteiger partial charge in [-0.05, 0) is 49.6 Å². The van der Waals surface area contributed by atoms with Crippen LogP contribution >= 0.6 is 11.6 Å². The van der Waals surface area contributed by atoms with E-state index in [9.17, 15) is 4.79 Å². The minimum Gasteiger partial charge on any atom is -0.368 e. The lowest BCUT2D eigenvalue weighted by Gasteiger charge is -2.36. The lowest BCUT2D eigenvalue weighted by Crippen LogP contribution is -2.50. The summed E-state index contributed by atoms with van der Waals surface area (Å²) in [7, 11) is 0. The standard InChI is InChI=1S/C20H24ClN3O/c1-14-12-16(3)19(17(21)13-14)22-20(25)24-10-8-23(9-11-24)18-7-5-4-6-15(18)2/h4-7,12-13H,8-11H2,1-3H3,(H,22,25). The summed E-state index contributed by atoms with van der Waals surface area (Å²) in [4.78, 5) is 16.8. The first-order chi connectivity index (χ1) is 12.0. The lowest BCUT2D eigenvalue weighted by atomic mass is 10.1. The highest BCUT2D eigenvalue weighted by atomic mass is 35.5. The molecule has 0 aliphatic carbocycles. The van der Waals surface area contributed by atoms with Crippen molar-refractivity contribution in [3.63, 3.8) is 0 Å². The second kappa shape index (κ2) is 7.36. The molecule has 0 spiro atoms. The molecule has 1 N–H and O–H groups in total. The predicted molar refractivity (Wildman–Crippen MR) is 105 cm³/mol. The lowest BCUT2D eigenvalue weighted by molar-refractivity contribution is 0.208. The second-order valence-electron chi connectivity index (χ2n) is 6.63. The highest BCUT2D eigenvalue weighted by Crippen LogP contribution is 2.28. The Labute approximate surface area is 154 Å². The number of carbonyl (C=O) groups excluding carboxylic acids is 1. The third-order valence-corrected chi connectivity index (χ3v) is 4.98. The fourth-order valence-electron chi connectivity index (χ4n) is 3.33. The summed E-state index contributed by atoms with van der Waals surface area (Å²) in [5.41, 5.74) is 5.30. The van der Waals surface area contributed by atoms with Gasteiger partial charge in [-0.25, -0.2) is 4.79 Å². The van der Waals surface area contributed by atoms with E-state index < -0.39 is 0 Å². The number of nitrogens with zero attached hydrogens (tertiary/aromatic N) is 2. The van der Waals surface area contributed by atoms with Gasteiger partial charge in [0.15, 0.2) is 0 Å². The number of rotatable bonds is 2. The van der Waals surface area contributed by atoms with Crippen molar-refractivity contribution in [2.75, 3.05) is 36.4 Å². The van der Waals surface area contributed by atoms with Gasteiger partial charge in [0.1, 0.15) is 0 Å². The molecule has 2 aromatic rings. The first kappa shape index (κ1) is 17.6. The van der Waals surface area contributed by atoms with Crippen LogP contribution in [0.1, 0.15) is 16.7 Å². The number of carbonyl (C=O) groups is 1. The molecule has 3 rings (SSSR count). The van der Waals surface area contributed by atoms with Crippen molar-refractivity contribution in [3.8, 4) is 0 Å². The summed E-state index contributed by atoms with van der Waals surface area (Å²) in [6.45, 7) is 9.14. The number of nitrogens with one attached hydrogen (secondary N) is 1. The van der Waals surface area contributed by atoms with Crippen LogP contribution in [0.3, 0.4) is 0 Å². The minimum atomic E-state index is -0.0849. The molecular weight excluding hydrogens is 334 g/mol. The van der Waals surface area contributed by atoms with Gasteiger partial charge < -0.3 is 15.1 Å². The van der Waals surface area contributed by atoms with Crippen molar-refractivity contribution in [1.82, 2.24) is 4.90 Å². The zero-order chi connectivity index (χ0) is 18.0. The van der Waals surface area contributed by atoms with Crippen LogP contribution in [0.15, 0.2) is 36.4 Å². The number of amides is 2. The van der Waals surface area contributed by atoms with E-state index in [1.165, 1.54) is 11.3 Å². The van der Waals surface area contributed by atoms with Crippen molar-refractivity contribution in [2.45, 2.75) is 20.8 Å². The van der Waals surface area contributed by atoms with Gasteiger partial charge in [-0.15, -0.1) is 0 Å². The zero-order valence-corrected chi connectivity index (χ0v) is 15.7. The summed E-state index contributed by atoms with van der Waals surface area (Å²) < 4.78 is 0. The number of anilines is 2. The molecule has 2 amide bonds. The first-order valence-corrected chi connectivity index (χ1v) is 8.97. The Morgan fingerprint density at radius 3 is 2.32 bits per heavy atom. The highest BCUT2D eigenvalue weighted by Gasteiger charge is 2.23. The quantitative estimate of drug-likeness (QED) is 0.851. The number of benzene rings is 2. The summed E-state index contributed by atoms with van der Waals surface area (Å²) in [5, 5.41) is 3.57. The van der Waals surface area contributed by atoms with Crippen LogP contribution in [0.4, 0.5) is 16.2 Å². The molecule has 25 heavy (non-hydrogen) atoms. The molecule has 4 nitrogen and oxygen atoms in total. The second-order valence-corrected chi connectivity index (χ2v) is 7.04. The molecule has 1 heterocycles. The molecule has 0 radical (unpaired) electrons. The molecule has 1 saturated heterocycles. The monoisotopic (exact) mass is 357 g/mol. The molecule has 0 aromatic heterocycles. The number of halogens is 1. The number of para-hydroxylation sites is 1. The normalized spacial score (nSPS) is 14.6. The van der Waals surface area contributed by atoms with E-state index in [0.717, 1.165) is 24.2 Å². The van der Waals surface area contributed by atoms with Gasteiger partial charge in [0.2, 0.25) is 0 Å². The van der Waals surface area contributed by atoms with Crippen LogP contribution in [0.25, 0.3) is 0 Å². The van der Waals surface area contributed by atoms with Gasteiger partial charge in [0.05, 0.1) is 10.7 Å². The number of aryl methyl sites for hydroxylation is 3. The number of hydrogen-bond acceptors (Lipinski definition) is 2. The molecular formula is C20H24ClN3O. The molecule has 1 fully saturated rings. The Balaban J connectivity index is 1.64. The van der Waals surface area contributed by atoms with E-state index >= 15 is 0 Å². The number of urea groups is 1. The maximum absolute atomic E-state index is 12.6.